The Labute approximate surface area is 168 Å². The molecule has 0 spiro atoms. The summed E-state index contributed by atoms with van der Waals surface area (Å²) in [6.45, 7) is 0.00473. The van der Waals surface area contributed by atoms with Crippen LogP contribution in [0.3, 0.4) is 0 Å². The number of para-hydroxylation sites is 2. The summed E-state index contributed by atoms with van der Waals surface area (Å²) in [5.41, 5.74) is 5.53. The molecule has 0 amide bonds. The van der Waals surface area contributed by atoms with E-state index in [1.54, 1.807) is 0 Å². The molecule has 0 saturated carbocycles. The van der Waals surface area contributed by atoms with Crippen LogP contribution in [0.2, 0.25) is 0 Å². The van der Waals surface area contributed by atoms with Gasteiger partial charge in [-0.3, -0.25) is 0 Å². The van der Waals surface area contributed by atoms with Crippen molar-refractivity contribution in [3.05, 3.63) is 90.5 Å². The second-order valence-corrected chi connectivity index (χ2v) is 7.23. The molecule has 2 aliphatic heterocycles. The van der Waals surface area contributed by atoms with E-state index >= 15 is 0 Å². The van der Waals surface area contributed by atoms with Crippen LogP contribution in [0.25, 0.3) is 11.1 Å². The van der Waals surface area contributed by atoms with Gasteiger partial charge < -0.3 is 9.47 Å². The molecule has 0 bridgehead atoms. The summed E-state index contributed by atoms with van der Waals surface area (Å²) in [5.74, 6) is 3.04. The molecular formula is C25H14BNO2. The highest BCUT2D eigenvalue weighted by atomic mass is 16.5. The van der Waals surface area contributed by atoms with Gasteiger partial charge in [0.25, 0.3) is 6.71 Å². The molecule has 0 saturated heterocycles. The molecule has 6 rings (SSSR count). The van der Waals surface area contributed by atoms with Crippen molar-refractivity contribution < 1.29 is 9.47 Å². The number of nitrogens with zero attached hydrogens (tertiary/aromatic N) is 1. The van der Waals surface area contributed by atoms with Gasteiger partial charge in [-0.1, -0.05) is 66.7 Å². The Bertz CT molecular complexity index is 1310. The van der Waals surface area contributed by atoms with Gasteiger partial charge in [0, 0.05) is 11.0 Å². The molecule has 0 aliphatic carbocycles. The number of hydrogen-bond donors (Lipinski definition) is 0. The van der Waals surface area contributed by atoms with Crippen molar-refractivity contribution in [1.29, 1.82) is 5.26 Å². The van der Waals surface area contributed by atoms with Gasteiger partial charge >= 0.3 is 0 Å². The van der Waals surface area contributed by atoms with Gasteiger partial charge in [-0.2, -0.15) is 5.26 Å². The fourth-order valence-corrected chi connectivity index (χ4v) is 4.42. The van der Waals surface area contributed by atoms with Crippen molar-refractivity contribution in [3.8, 4) is 40.2 Å². The third-order valence-electron chi connectivity index (χ3n) is 5.65. The van der Waals surface area contributed by atoms with Crippen LogP contribution in [0, 0.1) is 11.3 Å². The van der Waals surface area contributed by atoms with E-state index in [9.17, 15) is 5.26 Å². The predicted molar refractivity (Wildman–Crippen MR) is 114 cm³/mol. The summed E-state index contributed by atoms with van der Waals surface area (Å²) in [6, 6.07) is 30.3. The van der Waals surface area contributed by atoms with E-state index in [1.807, 2.05) is 72.8 Å². The van der Waals surface area contributed by atoms with Crippen molar-refractivity contribution in [2.24, 2.45) is 0 Å². The number of ether oxygens (including phenoxy) is 2. The molecule has 134 valence electrons. The molecule has 0 N–H and O–H groups in total. The first-order chi connectivity index (χ1) is 14.3. The van der Waals surface area contributed by atoms with Crippen molar-refractivity contribution in [2.45, 2.75) is 0 Å². The number of fused-ring (bicyclic) bond motifs is 4. The highest BCUT2D eigenvalue weighted by Crippen LogP contribution is 2.42. The normalized spacial score (nSPS) is 12.6. The average molecular weight is 371 g/mol. The van der Waals surface area contributed by atoms with Gasteiger partial charge in [-0.25, -0.2) is 0 Å². The third-order valence-corrected chi connectivity index (χ3v) is 5.65. The quantitative estimate of drug-likeness (QED) is 0.411. The Morgan fingerprint density at radius 1 is 0.690 bits per heavy atom. The first-order valence-electron chi connectivity index (χ1n) is 9.55. The van der Waals surface area contributed by atoms with Crippen molar-refractivity contribution in [1.82, 2.24) is 0 Å². The zero-order valence-corrected chi connectivity index (χ0v) is 15.4. The van der Waals surface area contributed by atoms with E-state index in [1.165, 1.54) is 0 Å². The van der Waals surface area contributed by atoms with E-state index in [0.717, 1.165) is 39.0 Å². The Hall–Kier alpha value is -3.97. The number of hydrogen-bond acceptors (Lipinski definition) is 3. The lowest BCUT2D eigenvalue weighted by Crippen LogP contribution is -2.57. The van der Waals surface area contributed by atoms with Gasteiger partial charge in [0.15, 0.2) is 0 Å². The van der Waals surface area contributed by atoms with Crippen LogP contribution in [-0.2, 0) is 0 Å². The maximum atomic E-state index is 9.91. The molecule has 0 radical (unpaired) electrons. The summed E-state index contributed by atoms with van der Waals surface area (Å²) < 4.78 is 12.7. The smallest absolute Gasteiger partial charge is 0.260 e. The zero-order valence-electron chi connectivity index (χ0n) is 15.4. The minimum absolute atomic E-state index is 0.00473. The SMILES string of the molecule is N#Cc1cc2c3c(c1-c1ccccc1)Oc1ccccc1B3c1ccccc1O2. The van der Waals surface area contributed by atoms with Gasteiger partial charge in [-0.15, -0.1) is 0 Å². The van der Waals surface area contributed by atoms with E-state index in [-0.39, 0.29) is 6.71 Å². The minimum Gasteiger partial charge on any atom is -0.458 e. The molecule has 0 aromatic heterocycles. The molecule has 4 aromatic carbocycles. The fraction of sp³-hybridized carbons (Fsp3) is 0. The van der Waals surface area contributed by atoms with Crippen LogP contribution in [-0.4, -0.2) is 6.71 Å². The van der Waals surface area contributed by atoms with Crippen LogP contribution in [0.1, 0.15) is 5.56 Å². The standard InChI is InChI=1S/C25H14BNO2/c27-15-17-14-22-24-25(23(17)16-8-2-1-3-9-16)29-21-13-7-5-11-19(21)26(24)18-10-4-6-12-20(18)28-22/h1-14H. The molecule has 0 unspecified atom stereocenters. The monoisotopic (exact) mass is 371 g/mol. The molecular weight excluding hydrogens is 357 g/mol. The molecule has 2 aliphatic rings. The van der Waals surface area contributed by atoms with E-state index in [4.69, 9.17) is 9.47 Å². The number of benzene rings is 4. The largest absolute Gasteiger partial charge is 0.458 e. The lowest BCUT2D eigenvalue weighted by atomic mass is 9.34. The van der Waals surface area contributed by atoms with Crippen LogP contribution < -0.4 is 25.9 Å². The Balaban J connectivity index is 1.73. The van der Waals surface area contributed by atoms with Crippen LogP contribution in [0.5, 0.6) is 23.0 Å². The third kappa shape index (κ3) is 2.25. The molecule has 2 heterocycles. The van der Waals surface area contributed by atoms with Crippen LogP contribution >= 0.6 is 0 Å². The Morgan fingerprint density at radius 2 is 1.31 bits per heavy atom. The second kappa shape index (κ2) is 6.02. The lowest BCUT2D eigenvalue weighted by Gasteiger charge is -2.34. The maximum absolute atomic E-state index is 9.91. The molecule has 4 heteroatoms. The maximum Gasteiger partial charge on any atom is 0.260 e. The Morgan fingerprint density at radius 3 is 2.00 bits per heavy atom. The Kier molecular flexibility index (Phi) is 3.33. The first-order valence-corrected chi connectivity index (χ1v) is 9.55. The minimum atomic E-state index is 0.00473. The fourth-order valence-electron chi connectivity index (χ4n) is 4.42. The number of rotatable bonds is 1. The summed E-state index contributed by atoms with van der Waals surface area (Å²) in [4.78, 5) is 0. The number of nitriles is 1. The van der Waals surface area contributed by atoms with Gasteiger partial charge in [0.1, 0.15) is 29.1 Å². The summed E-state index contributed by atoms with van der Waals surface area (Å²) in [5, 5.41) is 9.91. The molecule has 29 heavy (non-hydrogen) atoms. The first kappa shape index (κ1) is 16.0. The highest BCUT2D eigenvalue weighted by molar-refractivity contribution is 6.98. The molecule has 3 nitrogen and oxygen atoms in total. The molecule has 4 aromatic rings. The zero-order chi connectivity index (χ0) is 19.4. The molecule has 0 atom stereocenters. The van der Waals surface area contributed by atoms with Crippen molar-refractivity contribution in [2.75, 3.05) is 0 Å². The van der Waals surface area contributed by atoms with Gasteiger partial charge in [0.05, 0.1) is 5.56 Å². The molecule has 0 fully saturated rings. The van der Waals surface area contributed by atoms with E-state index in [2.05, 4.69) is 18.2 Å². The van der Waals surface area contributed by atoms with E-state index in [0.29, 0.717) is 17.1 Å². The van der Waals surface area contributed by atoms with Gasteiger partial charge in [0.2, 0.25) is 0 Å². The summed E-state index contributed by atoms with van der Waals surface area (Å²) in [7, 11) is 0. The van der Waals surface area contributed by atoms with Crippen LogP contribution in [0.4, 0.5) is 0 Å². The average Bonchev–Trinajstić information content (AvgIpc) is 2.79. The van der Waals surface area contributed by atoms with Crippen LogP contribution in [0.15, 0.2) is 84.9 Å². The topological polar surface area (TPSA) is 42.2 Å². The predicted octanol–water partition coefficient (Wildman–Crippen LogP) is 3.95. The lowest BCUT2D eigenvalue weighted by molar-refractivity contribution is 0.465. The summed E-state index contributed by atoms with van der Waals surface area (Å²) in [6.07, 6.45) is 0. The summed E-state index contributed by atoms with van der Waals surface area (Å²) >= 11 is 0. The van der Waals surface area contributed by atoms with Crippen molar-refractivity contribution >= 4 is 23.1 Å². The highest BCUT2D eigenvalue weighted by Gasteiger charge is 2.41. The van der Waals surface area contributed by atoms with Crippen molar-refractivity contribution in [3.63, 3.8) is 0 Å². The van der Waals surface area contributed by atoms with Gasteiger partial charge in [-0.05, 0) is 34.7 Å². The second-order valence-electron chi connectivity index (χ2n) is 7.23. The van der Waals surface area contributed by atoms with E-state index < -0.39 is 0 Å².